The van der Waals surface area contributed by atoms with Crippen molar-refractivity contribution in [1.82, 2.24) is 0 Å². The molecule has 0 aromatic carbocycles. The van der Waals surface area contributed by atoms with Crippen LogP contribution in [0.5, 0.6) is 0 Å². The van der Waals surface area contributed by atoms with Gasteiger partial charge in [0.25, 0.3) is 0 Å². The summed E-state index contributed by atoms with van der Waals surface area (Å²) in [5.41, 5.74) is 0.500. The number of carbonyl (C=O) groups excluding carboxylic acids is 1. The Bertz CT molecular complexity index is 276. The third-order valence-corrected chi connectivity index (χ3v) is 1.33. The Morgan fingerprint density at radius 2 is 2.25 bits per heavy atom. The fraction of sp³-hybridized carbons (Fsp3) is 0.250. The van der Waals surface area contributed by atoms with Crippen LogP contribution in [0.1, 0.15) is 12.6 Å². The molecule has 0 amide bonds. The van der Waals surface area contributed by atoms with Crippen molar-refractivity contribution < 1.29 is 14.2 Å². The van der Waals surface area contributed by atoms with E-state index in [1.165, 1.54) is 13.1 Å². The molecule has 0 saturated carbocycles. The standard InChI is InChI=1S/C8H9NO2.FH/c1-7(10)6-8-4-2-3-5-9(8)11;/h2-5H,6H2,1H3;1H. The number of hydrogen-bond acceptors (Lipinski definition) is 2. The molecule has 1 heterocycles. The Morgan fingerprint density at radius 1 is 1.58 bits per heavy atom. The van der Waals surface area contributed by atoms with Gasteiger partial charge >= 0.3 is 0 Å². The van der Waals surface area contributed by atoms with E-state index in [2.05, 4.69) is 0 Å². The molecule has 1 aromatic heterocycles. The summed E-state index contributed by atoms with van der Waals surface area (Å²) in [6, 6.07) is 5.03. The molecule has 0 unspecified atom stereocenters. The summed E-state index contributed by atoms with van der Waals surface area (Å²) in [6.07, 6.45) is 1.60. The van der Waals surface area contributed by atoms with Gasteiger partial charge in [0, 0.05) is 12.1 Å². The molecule has 0 spiro atoms. The first-order valence-electron chi connectivity index (χ1n) is 3.36. The van der Waals surface area contributed by atoms with Crippen LogP contribution < -0.4 is 4.73 Å². The summed E-state index contributed by atoms with van der Waals surface area (Å²) < 4.78 is 0.710. The lowest BCUT2D eigenvalue weighted by Crippen LogP contribution is -2.31. The van der Waals surface area contributed by atoms with Gasteiger partial charge in [0.2, 0.25) is 0 Å². The van der Waals surface area contributed by atoms with E-state index in [9.17, 15) is 10.0 Å². The van der Waals surface area contributed by atoms with E-state index in [-0.39, 0.29) is 16.9 Å². The van der Waals surface area contributed by atoms with Gasteiger partial charge in [-0.25, -0.2) is 0 Å². The Hall–Kier alpha value is -1.45. The molecule has 0 radical (unpaired) electrons. The molecular formula is C8H10FNO2. The predicted molar refractivity (Wildman–Crippen MR) is 42.3 cm³/mol. The third kappa shape index (κ3) is 2.65. The van der Waals surface area contributed by atoms with Crippen LogP contribution in [0.3, 0.4) is 0 Å². The molecule has 0 saturated heterocycles. The first-order valence-corrected chi connectivity index (χ1v) is 3.36. The van der Waals surface area contributed by atoms with Gasteiger partial charge in [0.15, 0.2) is 11.9 Å². The molecule has 0 bridgehead atoms. The van der Waals surface area contributed by atoms with Crippen molar-refractivity contribution in [2.45, 2.75) is 13.3 Å². The van der Waals surface area contributed by atoms with Gasteiger partial charge in [-0.15, -0.1) is 0 Å². The third-order valence-electron chi connectivity index (χ3n) is 1.33. The summed E-state index contributed by atoms with van der Waals surface area (Å²) in [6.45, 7) is 1.47. The van der Waals surface area contributed by atoms with Crippen molar-refractivity contribution in [3.63, 3.8) is 0 Å². The lowest BCUT2D eigenvalue weighted by Gasteiger charge is -2.00. The molecule has 0 atom stereocenters. The maximum absolute atomic E-state index is 10.9. The number of carbonyl (C=O) groups is 1. The highest BCUT2D eigenvalue weighted by Gasteiger charge is 2.05. The molecule has 0 aliphatic rings. The first kappa shape index (κ1) is 10.6. The predicted octanol–water partition coefficient (Wildman–Crippen LogP) is 0.604. The van der Waals surface area contributed by atoms with Crippen LogP contribution in [0.15, 0.2) is 24.4 Å². The van der Waals surface area contributed by atoms with E-state index >= 15 is 0 Å². The van der Waals surface area contributed by atoms with E-state index < -0.39 is 0 Å². The molecule has 1 rings (SSSR count). The summed E-state index contributed by atoms with van der Waals surface area (Å²) in [5.74, 6) is 0.000741. The largest absolute Gasteiger partial charge is 0.618 e. The zero-order valence-corrected chi connectivity index (χ0v) is 6.69. The lowest BCUT2D eigenvalue weighted by molar-refractivity contribution is -0.613. The molecule has 66 valence electrons. The van der Waals surface area contributed by atoms with Crippen molar-refractivity contribution in [2.24, 2.45) is 0 Å². The van der Waals surface area contributed by atoms with Gasteiger partial charge < -0.3 is 5.21 Å². The molecule has 0 fully saturated rings. The van der Waals surface area contributed by atoms with Crippen LogP contribution in [0.25, 0.3) is 0 Å². The normalized spacial score (nSPS) is 8.75. The first-order chi connectivity index (χ1) is 5.20. The van der Waals surface area contributed by atoms with Crippen LogP contribution in [-0.4, -0.2) is 5.78 Å². The number of rotatable bonds is 2. The minimum atomic E-state index is 0. The van der Waals surface area contributed by atoms with Crippen molar-refractivity contribution >= 4 is 5.78 Å². The quantitative estimate of drug-likeness (QED) is 0.483. The van der Waals surface area contributed by atoms with Crippen molar-refractivity contribution in [3.8, 4) is 0 Å². The van der Waals surface area contributed by atoms with Gasteiger partial charge in [0.05, 0.1) is 6.42 Å². The maximum atomic E-state index is 10.9. The molecule has 0 aliphatic heterocycles. The Kier molecular flexibility index (Phi) is 3.90. The Labute approximate surface area is 69.6 Å². The number of nitrogens with zero attached hydrogens (tertiary/aromatic N) is 1. The SMILES string of the molecule is CC(=O)Cc1cccc[n+]1[O-].F. The van der Waals surface area contributed by atoms with E-state index in [0.29, 0.717) is 10.4 Å². The average molecular weight is 171 g/mol. The number of hydrogen-bond donors (Lipinski definition) is 0. The van der Waals surface area contributed by atoms with Crippen LogP contribution in [0, 0.1) is 5.21 Å². The molecule has 4 heteroatoms. The minimum absolute atomic E-state index is 0. The van der Waals surface area contributed by atoms with Gasteiger partial charge in [-0.3, -0.25) is 9.50 Å². The molecule has 0 aliphatic carbocycles. The van der Waals surface area contributed by atoms with E-state index in [4.69, 9.17) is 0 Å². The molecular weight excluding hydrogens is 161 g/mol. The van der Waals surface area contributed by atoms with Crippen LogP contribution >= 0.6 is 0 Å². The van der Waals surface area contributed by atoms with Crippen molar-refractivity contribution in [3.05, 3.63) is 35.3 Å². The van der Waals surface area contributed by atoms with Gasteiger partial charge in [-0.1, -0.05) is 0 Å². The highest BCUT2D eigenvalue weighted by Crippen LogP contribution is 1.92. The molecule has 12 heavy (non-hydrogen) atoms. The number of pyridine rings is 1. The molecule has 0 N–H and O–H groups in total. The zero-order valence-electron chi connectivity index (χ0n) is 6.69. The monoisotopic (exact) mass is 171 g/mol. The summed E-state index contributed by atoms with van der Waals surface area (Å²) in [4.78, 5) is 10.6. The number of ketones is 1. The smallest absolute Gasteiger partial charge is 0.200 e. The van der Waals surface area contributed by atoms with Crippen LogP contribution in [-0.2, 0) is 11.2 Å². The summed E-state index contributed by atoms with van der Waals surface area (Å²) >= 11 is 0. The lowest BCUT2D eigenvalue weighted by atomic mass is 10.2. The summed E-state index contributed by atoms with van der Waals surface area (Å²) in [5, 5.41) is 10.9. The van der Waals surface area contributed by atoms with Crippen LogP contribution in [0.2, 0.25) is 0 Å². The van der Waals surface area contributed by atoms with Crippen molar-refractivity contribution in [2.75, 3.05) is 0 Å². The zero-order chi connectivity index (χ0) is 8.27. The maximum Gasteiger partial charge on any atom is 0.200 e. The van der Waals surface area contributed by atoms with E-state index in [1.807, 2.05) is 0 Å². The second-order valence-electron chi connectivity index (χ2n) is 2.40. The van der Waals surface area contributed by atoms with Gasteiger partial charge in [-0.05, 0) is 13.0 Å². The van der Waals surface area contributed by atoms with Gasteiger partial charge in [0.1, 0.15) is 5.78 Å². The Morgan fingerprint density at radius 3 is 2.75 bits per heavy atom. The number of halogens is 1. The highest BCUT2D eigenvalue weighted by molar-refractivity contribution is 5.77. The number of aromatic nitrogens is 1. The Balaban J connectivity index is 0.00000121. The van der Waals surface area contributed by atoms with E-state index in [1.54, 1.807) is 18.2 Å². The van der Waals surface area contributed by atoms with Crippen molar-refractivity contribution in [1.29, 1.82) is 0 Å². The average Bonchev–Trinajstić information content (AvgIpc) is 1.93. The van der Waals surface area contributed by atoms with E-state index in [0.717, 1.165) is 0 Å². The molecule has 3 nitrogen and oxygen atoms in total. The van der Waals surface area contributed by atoms with Gasteiger partial charge in [-0.2, -0.15) is 4.73 Å². The molecule has 1 aromatic rings. The topological polar surface area (TPSA) is 44.0 Å². The minimum Gasteiger partial charge on any atom is -0.618 e. The fourth-order valence-corrected chi connectivity index (χ4v) is 0.856. The second-order valence-corrected chi connectivity index (χ2v) is 2.40. The second kappa shape index (κ2) is 4.43. The highest BCUT2D eigenvalue weighted by atomic mass is 19.0. The number of Topliss-reactive ketones (excluding diaryl/α,β-unsaturated/α-hetero) is 1. The van der Waals surface area contributed by atoms with Crippen LogP contribution in [0.4, 0.5) is 4.70 Å². The fourth-order valence-electron chi connectivity index (χ4n) is 0.856. The summed E-state index contributed by atoms with van der Waals surface area (Å²) in [7, 11) is 0.